The Morgan fingerprint density at radius 1 is 1.50 bits per heavy atom. The number of carbonyl (C=O) groups excluding carboxylic acids is 1. The summed E-state index contributed by atoms with van der Waals surface area (Å²) < 4.78 is 6.49. The SMILES string of the molecule is CCc1c(C)on(CC(=O)N(C)Cc2cccs2)c1=O. The highest BCUT2D eigenvalue weighted by molar-refractivity contribution is 7.09. The van der Waals surface area contributed by atoms with Gasteiger partial charge in [-0.2, -0.15) is 4.74 Å². The van der Waals surface area contributed by atoms with Gasteiger partial charge in [0.1, 0.15) is 12.3 Å². The van der Waals surface area contributed by atoms with Gasteiger partial charge in [0.15, 0.2) is 0 Å². The van der Waals surface area contributed by atoms with Crippen LogP contribution in [0.25, 0.3) is 0 Å². The van der Waals surface area contributed by atoms with Crippen molar-refractivity contribution in [2.75, 3.05) is 7.05 Å². The number of aryl methyl sites for hydroxylation is 1. The van der Waals surface area contributed by atoms with Crippen molar-refractivity contribution < 1.29 is 9.32 Å². The molecule has 2 aromatic heterocycles. The van der Waals surface area contributed by atoms with E-state index in [1.807, 2.05) is 24.4 Å². The molecule has 0 spiro atoms. The third-order valence-electron chi connectivity index (χ3n) is 3.19. The number of likely N-dealkylation sites (N-methyl/N-ethyl adjacent to an activating group) is 1. The molecule has 0 aliphatic heterocycles. The Hall–Kier alpha value is -1.82. The number of aromatic nitrogens is 1. The third-order valence-corrected chi connectivity index (χ3v) is 4.05. The second-order valence-electron chi connectivity index (χ2n) is 4.65. The van der Waals surface area contributed by atoms with Gasteiger partial charge in [-0.3, -0.25) is 9.59 Å². The first-order valence-corrected chi connectivity index (χ1v) is 7.36. The number of carbonyl (C=O) groups is 1. The minimum Gasteiger partial charge on any atom is -0.380 e. The Kier molecular flexibility index (Phi) is 4.44. The Labute approximate surface area is 121 Å². The van der Waals surface area contributed by atoms with Crippen molar-refractivity contribution in [3.63, 3.8) is 0 Å². The molecule has 1 amide bonds. The predicted molar refractivity (Wildman–Crippen MR) is 77.9 cm³/mol. The molecule has 0 saturated heterocycles. The summed E-state index contributed by atoms with van der Waals surface area (Å²) in [5, 5.41) is 1.97. The highest BCUT2D eigenvalue weighted by Gasteiger charge is 2.17. The van der Waals surface area contributed by atoms with Crippen molar-refractivity contribution in [2.45, 2.75) is 33.4 Å². The molecule has 0 aromatic carbocycles. The zero-order valence-corrected chi connectivity index (χ0v) is 12.7. The van der Waals surface area contributed by atoms with Gasteiger partial charge in [0.25, 0.3) is 5.56 Å². The van der Waals surface area contributed by atoms with E-state index in [4.69, 9.17) is 4.52 Å². The molecule has 0 N–H and O–H groups in total. The molecule has 2 aromatic rings. The summed E-state index contributed by atoms with van der Waals surface area (Å²) in [7, 11) is 1.73. The summed E-state index contributed by atoms with van der Waals surface area (Å²) in [4.78, 5) is 26.8. The lowest BCUT2D eigenvalue weighted by Crippen LogP contribution is -2.32. The number of amides is 1. The first kappa shape index (κ1) is 14.6. The van der Waals surface area contributed by atoms with E-state index in [-0.39, 0.29) is 18.0 Å². The molecule has 0 unspecified atom stereocenters. The Bertz CT molecular complexity index is 640. The maximum atomic E-state index is 12.1. The van der Waals surface area contributed by atoms with Crippen molar-refractivity contribution >= 4 is 17.2 Å². The molecule has 0 radical (unpaired) electrons. The summed E-state index contributed by atoms with van der Waals surface area (Å²) in [6, 6.07) is 3.93. The lowest BCUT2D eigenvalue weighted by molar-refractivity contribution is -0.132. The topological polar surface area (TPSA) is 55.5 Å². The van der Waals surface area contributed by atoms with E-state index >= 15 is 0 Å². The maximum absolute atomic E-state index is 12.1. The van der Waals surface area contributed by atoms with Gasteiger partial charge < -0.3 is 9.42 Å². The molecule has 2 heterocycles. The summed E-state index contributed by atoms with van der Waals surface area (Å²) in [5.41, 5.74) is 0.432. The van der Waals surface area contributed by atoms with E-state index < -0.39 is 0 Å². The number of rotatable bonds is 5. The van der Waals surface area contributed by atoms with Crippen LogP contribution in [0.2, 0.25) is 0 Å². The summed E-state index contributed by atoms with van der Waals surface area (Å²) >= 11 is 1.60. The van der Waals surface area contributed by atoms with Crippen LogP contribution in [0.15, 0.2) is 26.8 Å². The molecule has 2 rings (SSSR count). The van der Waals surface area contributed by atoms with Gasteiger partial charge in [-0.05, 0) is 24.8 Å². The zero-order valence-electron chi connectivity index (χ0n) is 11.9. The van der Waals surface area contributed by atoms with E-state index in [1.54, 1.807) is 30.2 Å². The fourth-order valence-corrected chi connectivity index (χ4v) is 2.79. The monoisotopic (exact) mass is 294 g/mol. The Morgan fingerprint density at radius 2 is 2.25 bits per heavy atom. The van der Waals surface area contributed by atoms with Crippen molar-refractivity contribution in [1.82, 2.24) is 9.64 Å². The van der Waals surface area contributed by atoms with Gasteiger partial charge in [-0.25, -0.2) is 0 Å². The van der Waals surface area contributed by atoms with Crippen molar-refractivity contribution in [3.05, 3.63) is 44.1 Å². The first-order chi connectivity index (χ1) is 9.52. The van der Waals surface area contributed by atoms with E-state index in [1.165, 1.54) is 0 Å². The molecule has 108 valence electrons. The minimum atomic E-state index is -0.206. The maximum Gasteiger partial charge on any atom is 0.286 e. The van der Waals surface area contributed by atoms with Crippen LogP contribution in [0.3, 0.4) is 0 Å². The van der Waals surface area contributed by atoms with Crippen molar-refractivity contribution in [3.8, 4) is 0 Å². The first-order valence-electron chi connectivity index (χ1n) is 6.48. The number of hydrogen-bond acceptors (Lipinski definition) is 4. The molecular formula is C14H18N2O3S. The quantitative estimate of drug-likeness (QED) is 0.848. The minimum absolute atomic E-state index is 0.0540. The van der Waals surface area contributed by atoms with Gasteiger partial charge in [0.05, 0.1) is 12.1 Å². The van der Waals surface area contributed by atoms with E-state index in [0.29, 0.717) is 24.3 Å². The summed E-state index contributed by atoms with van der Waals surface area (Å²) in [6.45, 7) is 4.14. The predicted octanol–water partition coefficient (Wildman–Crippen LogP) is 2.03. The largest absolute Gasteiger partial charge is 0.380 e. The van der Waals surface area contributed by atoms with E-state index in [2.05, 4.69) is 0 Å². The summed E-state index contributed by atoms with van der Waals surface area (Å²) in [5.74, 6) is 0.447. The lowest BCUT2D eigenvalue weighted by atomic mass is 10.2. The van der Waals surface area contributed by atoms with Crippen LogP contribution in [0.1, 0.15) is 23.1 Å². The fourth-order valence-electron chi connectivity index (χ4n) is 2.04. The normalized spacial score (nSPS) is 10.8. The lowest BCUT2D eigenvalue weighted by Gasteiger charge is -2.15. The van der Waals surface area contributed by atoms with Gasteiger partial charge in [-0.1, -0.05) is 13.0 Å². The molecular weight excluding hydrogens is 276 g/mol. The molecule has 0 aliphatic rings. The molecule has 20 heavy (non-hydrogen) atoms. The second kappa shape index (κ2) is 6.09. The molecule has 0 fully saturated rings. The molecule has 0 aliphatic carbocycles. The second-order valence-corrected chi connectivity index (χ2v) is 5.68. The van der Waals surface area contributed by atoms with Crippen LogP contribution in [-0.2, 0) is 24.3 Å². The van der Waals surface area contributed by atoms with E-state index in [9.17, 15) is 9.59 Å². The standard InChI is InChI=1S/C14H18N2O3S/c1-4-12-10(2)19-16(14(12)18)9-13(17)15(3)8-11-6-5-7-20-11/h5-7H,4,8-9H2,1-3H3. The summed E-state index contributed by atoms with van der Waals surface area (Å²) in [6.07, 6.45) is 0.611. The molecule has 0 saturated carbocycles. The highest BCUT2D eigenvalue weighted by Crippen LogP contribution is 2.11. The van der Waals surface area contributed by atoms with E-state index in [0.717, 1.165) is 9.62 Å². The van der Waals surface area contributed by atoms with Gasteiger partial charge >= 0.3 is 0 Å². The van der Waals surface area contributed by atoms with Gasteiger partial charge in [0, 0.05) is 11.9 Å². The van der Waals surface area contributed by atoms with Crippen LogP contribution in [0, 0.1) is 6.92 Å². The Morgan fingerprint density at radius 3 is 2.80 bits per heavy atom. The van der Waals surface area contributed by atoms with Gasteiger partial charge in [0.2, 0.25) is 5.91 Å². The number of hydrogen-bond donors (Lipinski definition) is 0. The third kappa shape index (κ3) is 3.01. The smallest absolute Gasteiger partial charge is 0.286 e. The molecule has 0 atom stereocenters. The molecule has 6 heteroatoms. The Balaban J connectivity index is 2.06. The van der Waals surface area contributed by atoms with Gasteiger partial charge in [-0.15, -0.1) is 11.3 Å². The molecule has 0 bridgehead atoms. The molecule has 5 nitrogen and oxygen atoms in total. The van der Waals surface area contributed by atoms with Crippen LogP contribution in [-0.4, -0.2) is 22.6 Å². The number of thiophene rings is 1. The van der Waals surface area contributed by atoms with Crippen LogP contribution in [0.5, 0.6) is 0 Å². The number of nitrogens with zero attached hydrogens (tertiary/aromatic N) is 2. The average molecular weight is 294 g/mol. The fraction of sp³-hybridized carbons (Fsp3) is 0.429. The van der Waals surface area contributed by atoms with Crippen molar-refractivity contribution in [1.29, 1.82) is 0 Å². The average Bonchev–Trinajstić information content (AvgIpc) is 2.99. The van der Waals surface area contributed by atoms with Crippen LogP contribution in [0.4, 0.5) is 0 Å². The van der Waals surface area contributed by atoms with Crippen LogP contribution >= 0.6 is 11.3 Å². The van der Waals surface area contributed by atoms with Crippen molar-refractivity contribution in [2.24, 2.45) is 0 Å². The highest BCUT2D eigenvalue weighted by atomic mass is 32.1. The van der Waals surface area contributed by atoms with Crippen LogP contribution < -0.4 is 5.56 Å². The zero-order chi connectivity index (χ0) is 14.7.